The zero-order valence-corrected chi connectivity index (χ0v) is 21.0. The Morgan fingerprint density at radius 3 is 2.36 bits per heavy atom. The summed E-state index contributed by atoms with van der Waals surface area (Å²) in [6.07, 6.45) is 9.01. The third-order valence-electron chi connectivity index (χ3n) is 7.21. The van der Waals surface area contributed by atoms with E-state index in [-0.39, 0.29) is 30.4 Å². The first kappa shape index (κ1) is 24.3. The Balaban J connectivity index is 1.43. The Labute approximate surface area is 210 Å². The van der Waals surface area contributed by atoms with E-state index in [0.29, 0.717) is 23.1 Å². The van der Waals surface area contributed by atoms with Crippen LogP contribution in [0.3, 0.4) is 0 Å². The maximum atomic E-state index is 13.9. The number of nitrogens with one attached hydrogen (secondary N) is 1. The number of aryl methyl sites for hydroxylation is 2. The van der Waals surface area contributed by atoms with Crippen molar-refractivity contribution < 1.29 is 18.4 Å². The molecule has 0 aliphatic heterocycles. The summed E-state index contributed by atoms with van der Waals surface area (Å²) >= 11 is 0. The topological polar surface area (TPSA) is 119 Å². The zero-order valence-electron chi connectivity index (χ0n) is 21.0. The molecular formula is C26H34N6O4. The molecule has 192 valence electrons. The maximum absolute atomic E-state index is 13.9. The molecule has 0 saturated heterocycles. The molecule has 5 rings (SSSR count). The second-order valence-corrected chi connectivity index (χ2v) is 9.99. The molecule has 2 amide bonds. The molecule has 0 radical (unpaired) electrons. The van der Waals surface area contributed by atoms with Crippen LogP contribution >= 0.6 is 0 Å². The third kappa shape index (κ3) is 5.37. The highest BCUT2D eigenvalue weighted by atomic mass is 16.3. The second-order valence-electron chi connectivity index (χ2n) is 9.99. The highest BCUT2D eigenvalue weighted by Crippen LogP contribution is 2.33. The van der Waals surface area contributed by atoms with Gasteiger partial charge in [0.15, 0.2) is 11.8 Å². The van der Waals surface area contributed by atoms with Gasteiger partial charge < -0.3 is 19.1 Å². The normalized spacial score (nSPS) is 17.8. The number of carbonyl (C=O) groups is 2. The van der Waals surface area contributed by atoms with Crippen molar-refractivity contribution in [3.63, 3.8) is 0 Å². The van der Waals surface area contributed by atoms with Gasteiger partial charge in [-0.2, -0.15) is 4.80 Å². The van der Waals surface area contributed by atoms with Crippen LogP contribution in [0.5, 0.6) is 0 Å². The van der Waals surface area contributed by atoms with Crippen molar-refractivity contribution in [3.8, 4) is 11.6 Å². The van der Waals surface area contributed by atoms with Crippen LogP contribution in [0.2, 0.25) is 0 Å². The summed E-state index contributed by atoms with van der Waals surface area (Å²) in [6.45, 7) is 3.56. The Hall–Kier alpha value is -3.43. The predicted octanol–water partition coefficient (Wildman–Crippen LogP) is 4.10. The Morgan fingerprint density at radius 2 is 1.69 bits per heavy atom. The van der Waals surface area contributed by atoms with Crippen LogP contribution in [0.25, 0.3) is 11.6 Å². The van der Waals surface area contributed by atoms with Gasteiger partial charge >= 0.3 is 0 Å². The number of carbonyl (C=O) groups excluding carboxylic acids is 2. The molecule has 2 aliphatic carbocycles. The van der Waals surface area contributed by atoms with Gasteiger partial charge in [-0.1, -0.05) is 32.1 Å². The van der Waals surface area contributed by atoms with E-state index in [2.05, 4.69) is 20.7 Å². The molecule has 1 atom stereocenters. The fraction of sp³-hybridized carbons (Fsp3) is 0.577. The fourth-order valence-corrected chi connectivity index (χ4v) is 5.43. The first-order chi connectivity index (χ1) is 17.5. The lowest BCUT2D eigenvalue weighted by Gasteiger charge is -2.38. The summed E-state index contributed by atoms with van der Waals surface area (Å²) in [6, 6.07) is 6.47. The monoisotopic (exact) mass is 494 g/mol. The molecule has 0 unspecified atom stereocenters. The minimum Gasteiger partial charge on any atom is -0.464 e. The lowest BCUT2D eigenvalue weighted by Crippen LogP contribution is -2.51. The number of furan rings is 2. The third-order valence-corrected chi connectivity index (χ3v) is 7.21. The molecule has 0 spiro atoms. The van der Waals surface area contributed by atoms with Gasteiger partial charge in [-0.15, -0.1) is 10.2 Å². The van der Waals surface area contributed by atoms with E-state index in [1.54, 1.807) is 11.0 Å². The smallest absolute Gasteiger partial charge is 0.250 e. The van der Waals surface area contributed by atoms with Crippen molar-refractivity contribution in [1.82, 2.24) is 30.4 Å². The lowest BCUT2D eigenvalue weighted by molar-refractivity contribution is -0.146. The predicted molar refractivity (Wildman–Crippen MR) is 131 cm³/mol. The summed E-state index contributed by atoms with van der Waals surface area (Å²) in [4.78, 5) is 30.6. The van der Waals surface area contributed by atoms with Gasteiger partial charge in [0.1, 0.15) is 23.8 Å². The average molecular weight is 495 g/mol. The van der Waals surface area contributed by atoms with Gasteiger partial charge in [-0.05, 0) is 69.0 Å². The van der Waals surface area contributed by atoms with E-state index in [4.69, 9.17) is 8.83 Å². The first-order valence-corrected chi connectivity index (χ1v) is 13.0. The van der Waals surface area contributed by atoms with Crippen molar-refractivity contribution in [2.45, 2.75) is 96.3 Å². The summed E-state index contributed by atoms with van der Waals surface area (Å²) in [5, 5.41) is 15.7. The number of nitrogens with zero attached hydrogens (tertiary/aromatic N) is 5. The number of aromatic nitrogens is 4. The summed E-state index contributed by atoms with van der Waals surface area (Å²) < 4.78 is 11.5. The van der Waals surface area contributed by atoms with Gasteiger partial charge in [0, 0.05) is 12.1 Å². The summed E-state index contributed by atoms with van der Waals surface area (Å²) in [7, 11) is 0. The first-order valence-electron chi connectivity index (χ1n) is 13.0. The van der Waals surface area contributed by atoms with Crippen LogP contribution in [0, 0.1) is 13.8 Å². The van der Waals surface area contributed by atoms with Crippen molar-refractivity contribution >= 4 is 11.8 Å². The Morgan fingerprint density at radius 1 is 1.00 bits per heavy atom. The van der Waals surface area contributed by atoms with Crippen LogP contribution in [-0.4, -0.2) is 49.0 Å². The van der Waals surface area contributed by atoms with Gasteiger partial charge in [0.05, 0.1) is 0 Å². The summed E-state index contributed by atoms with van der Waals surface area (Å²) in [5.41, 5.74) is 0. The zero-order chi connectivity index (χ0) is 25.1. The molecule has 1 N–H and O–H groups in total. The standard InChI is InChI=1S/C26H34N6O4/c1-17-12-14-21(35-17)24(26(34)27-19-8-6-7-9-19)32(20-10-4-3-5-11-20)23(33)16-31-29-25(28-30-31)22-15-13-18(2)36-22/h12-15,19-20,24H,3-11,16H2,1-2H3,(H,27,34)/t24-/m1/s1. The molecule has 2 aliphatic rings. The van der Waals surface area contributed by atoms with Gasteiger partial charge in [0.25, 0.3) is 5.91 Å². The second kappa shape index (κ2) is 10.7. The highest BCUT2D eigenvalue weighted by molar-refractivity contribution is 5.88. The SMILES string of the molecule is Cc1ccc(-c2nnn(CC(=O)N(C3CCCCC3)[C@@H](C(=O)NC3CCCC3)c3ccc(C)o3)n2)o1. The molecule has 10 heteroatoms. The van der Waals surface area contributed by atoms with Crippen LogP contribution in [0.15, 0.2) is 33.1 Å². The van der Waals surface area contributed by atoms with E-state index < -0.39 is 6.04 Å². The molecule has 2 saturated carbocycles. The Bertz CT molecular complexity index is 1180. The number of rotatable bonds is 8. The van der Waals surface area contributed by atoms with Crippen molar-refractivity contribution in [1.29, 1.82) is 0 Å². The van der Waals surface area contributed by atoms with E-state index in [1.165, 1.54) is 4.80 Å². The van der Waals surface area contributed by atoms with Crippen molar-refractivity contribution in [3.05, 3.63) is 41.5 Å². The molecule has 3 aromatic rings. The average Bonchev–Trinajstić information content (AvgIpc) is 3.67. The number of tetrazole rings is 1. The van der Waals surface area contributed by atoms with Crippen LogP contribution in [0.4, 0.5) is 0 Å². The van der Waals surface area contributed by atoms with Crippen molar-refractivity contribution in [2.75, 3.05) is 0 Å². The molecule has 36 heavy (non-hydrogen) atoms. The minimum absolute atomic E-state index is 0.0632. The minimum atomic E-state index is -0.842. The van der Waals surface area contributed by atoms with E-state index >= 15 is 0 Å². The number of amides is 2. The van der Waals surface area contributed by atoms with Crippen LogP contribution in [-0.2, 0) is 16.1 Å². The number of hydrogen-bond acceptors (Lipinski definition) is 7. The molecule has 3 aromatic heterocycles. The fourth-order valence-electron chi connectivity index (χ4n) is 5.43. The van der Waals surface area contributed by atoms with Crippen LogP contribution < -0.4 is 5.32 Å². The van der Waals surface area contributed by atoms with Gasteiger partial charge in [0.2, 0.25) is 11.7 Å². The maximum Gasteiger partial charge on any atom is 0.250 e. The molecule has 10 nitrogen and oxygen atoms in total. The molecule has 0 bridgehead atoms. The van der Waals surface area contributed by atoms with E-state index in [0.717, 1.165) is 63.5 Å². The molecule has 2 fully saturated rings. The van der Waals surface area contributed by atoms with Gasteiger partial charge in [-0.25, -0.2) is 0 Å². The quantitative estimate of drug-likeness (QED) is 0.500. The molecule has 3 heterocycles. The molecular weight excluding hydrogens is 460 g/mol. The number of hydrogen-bond donors (Lipinski definition) is 1. The lowest BCUT2D eigenvalue weighted by atomic mass is 9.92. The van der Waals surface area contributed by atoms with E-state index in [9.17, 15) is 9.59 Å². The van der Waals surface area contributed by atoms with Crippen LogP contribution in [0.1, 0.15) is 81.1 Å². The Kier molecular flexibility index (Phi) is 7.20. The summed E-state index contributed by atoms with van der Waals surface area (Å²) in [5.74, 6) is 2.32. The van der Waals surface area contributed by atoms with E-state index in [1.807, 2.05) is 32.0 Å². The highest BCUT2D eigenvalue weighted by Gasteiger charge is 2.39. The van der Waals surface area contributed by atoms with Gasteiger partial charge in [-0.3, -0.25) is 9.59 Å². The largest absolute Gasteiger partial charge is 0.464 e. The van der Waals surface area contributed by atoms with Crippen molar-refractivity contribution in [2.24, 2.45) is 0 Å². The molecule has 0 aromatic carbocycles.